The summed E-state index contributed by atoms with van der Waals surface area (Å²) in [6.45, 7) is 0. The first-order valence-electron chi connectivity index (χ1n) is 9.66. The van der Waals surface area contributed by atoms with Gasteiger partial charge in [0.2, 0.25) is 0 Å². The summed E-state index contributed by atoms with van der Waals surface area (Å²) in [5, 5.41) is 1.06. The molecule has 0 aliphatic rings. The Bertz CT molecular complexity index is 910. The second-order valence-corrected chi connectivity index (χ2v) is 14.2. The van der Waals surface area contributed by atoms with Gasteiger partial charge in [0, 0.05) is 0 Å². The molecule has 0 aliphatic heterocycles. The van der Waals surface area contributed by atoms with Crippen LogP contribution < -0.4 is 13.1 Å². The predicted molar refractivity (Wildman–Crippen MR) is 124 cm³/mol. The van der Waals surface area contributed by atoms with E-state index >= 15 is 0 Å². The molecule has 0 nitrogen and oxygen atoms in total. The molecule has 0 N–H and O–H groups in total. The summed E-state index contributed by atoms with van der Waals surface area (Å²) >= 11 is -2.62. The molecular formula is C27H24As+. The molecule has 0 fully saturated rings. The summed E-state index contributed by atoms with van der Waals surface area (Å²) in [4.78, 5) is 0. The zero-order valence-electron chi connectivity index (χ0n) is 15.9. The normalized spacial score (nSPS) is 11.6. The topological polar surface area (TPSA) is 0 Å². The fourth-order valence-electron chi connectivity index (χ4n) is 3.72. The molecule has 0 aliphatic carbocycles. The second-order valence-electron chi connectivity index (χ2n) is 6.81. The van der Waals surface area contributed by atoms with Crippen molar-refractivity contribution < 1.29 is 0 Å². The van der Waals surface area contributed by atoms with E-state index in [0.717, 1.165) is 5.21 Å². The van der Waals surface area contributed by atoms with Crippen LogP contribution in [-0.4, -0.2) is 13.6 Å². The van der Waals surface area contributed by atoms with Crippen molar-refractivity contribution >= 4 is 32.7 Å². The molecule has 0 bridgehead atoms. The zero-order chi connectivity index (χ0) is 19.1. The van der Waals surface area contributed by atoms with E-state index in [0.29, 0.717) is 0 Å². The molecule has 0 saturated carbocycles. The molecule has 136 valence electrons. The van der Waals surface area contributed by atoms with Gasteiger partial charge in [-0.3, -0.25) is 0 Å². The third-order valence-corrected chi connectivity index (χ3v) is 14.1. The Balaban J connectivity index is 1.87. The molecule has 0 spiro atoms. The summed E-state index contributed by atoms with van der Waals surface area (Å²) in [5.41, 5.74) is 1.25. The third kappa shape index (κ3) is 3.88. The van der Waals surface area contributed by atoms with Crippen LogP contribution in [0.15, 0.2) is 127 Å². The van der Waals surface area contributed by atoms with Gasteiger partial charge < -0.3 is 0 Å². The van der Waals surface area contributed by atoms with Gasteiger partial charge in [0.05, 0.1) is 0 Å². The monoisotopic (exact) mass is 423 g/mol. The Morgan fingerprint density at radius 1 is 0.464 bits per heavy atom. The van der Waals surface area contributed by atoms with Crippen LogP contribution in [0.5, 0.6) is 0 Å². The van der Waals surface area contributed by atoms with E-state index in [1.807, 2.05) is 0 Å². The van der Waals surface area contributed by atoms with Gasteiger partial charge >= 0.3 is 171 Å². The Morgan fingerprint density at radius 2 is 0.821 bits per heavy atom. The average Bonchev–Trinajstić information content (AvgIpc) is 2.79. The number of hydrogen-bond donors (Lipinski definition) is 0. The molecule has 28 heavy (non-hydrogen) atoms. The maximum absolute atomic E-state index is 2.62. The number of hydrogen-bond acceptors (Lipinski definition) is 0. The Kier molecular flexibility index (Phi) is 5.90. The van der Waals surface area contributed by atoms with Crippen molar-refractivity contribution in [2.24, 2.45) is 0 Å². The molecule has 4 aromatic rings. The number of benzene rings is 4. The summed E-state index contributed by atoms with van der Waals surface area (Å²) in [6, 6.07) is 43.9. The van der Waals surface area contributed by atoms with Gasteiger partial charge in [-0.05, 0) is 0 Å². The van der Waals surface area contributed by atoms with Gasteiger partial charge in [0.25, 0.3) is 0 Å². The number of rotatable bonds is 6. The van der Waals surface area contributed by atoms with Crippen molar-refractivity contribution in [3.8, 4) is 0 Å². The molecule has 0 aromatic heterocycles. The molecule has 0 unspecified atom stereocenters. The van der Waals surface area contributed by atoms with Crippen molar-refractivity contribution in [1.82, 2.24) is 0 Å². The van der Waals surface area contributed by atoms with Crippen LogP contribution in [0, 0.1) is 0 Å². The summed E-state index contributed by atoms with van der Waals surface area (Å²) < 4.78 is 4.45. The van der Waals surface area contributed by atoms with Crippen LogP contribution in [0.1, 0.15) is 5.56 Å². The second kappa shape index (κ2) is 8.91. The molecule has 0 saturated heterocycles. The fraction of sp³-hybridized carbons (Fsp3) is 0.0370. The van der Waals surface area contributed by atoms with Crippen LogP contribution in [-0.2, 0) is 0 Å². The van der Waals surface area contributed by atoms with E-state index in [1.165, 1.54) is 18.6 Å². The summed E-state index contributed by atoms with van der Waals surface area (Å²) in [6.07, 6.45) is 4.65. The summed E-state index contributed by atoms with van der Waals surface area (Å²) in [7, 11) is 0. The van der Waals surface area contributed by atoms with Gasteiger partial charge in [-0.15, -0.1) is 0 Å². The Labute approximate surface area is 170 Å². The molecule has 0 amide bonds. The van der Waals surface area contributed by atoms with E-state index in [2.05, 4.69) is 133 Å². The van der Waals surface area contributed by atoms with Crippen LogP contribution in [0.4, 0.5) is 0 Å². The minimum atomic E-state index is -2.62. The first-order valence-corrected chi connectivity index (χ1v) is 13.8. The van der Waals surface area contributed by atoms with E-state index in [9.17, 15) is 0 Å². The van der Waals surface area contributed by atoms with Gasteiger partial charge in [0.15, 0.2) is 0 Å². The van der Waals surface area contributed by atoms with E-state index in [-0.39, 0.29) is 0 Å². The molecular weight excluding hydrogens is 399 g/mol. The molecule has 1 heteroatoms. The maximum atomic E-state index is 2.38. The van der Waals surface area contributed by atoms with Crippen LogP contribution in [0.2, 0.25) is 5.21 Å². The predicted octanol–water partition coefficient (Wildman–Crippen LogP) is 4.87. The first-order chi connectivity index (χ1) is 13.9. The van der Waals surface area contributed by atoms with Crippen LogP contribution in [0.25, 0.3) is 6.08 Å². The van der Waals surface area contributed by atoms with Crippen molar-refractivity contribution in [1.29, 1.82) is 0 Å². The van der Waals surface area contributed by atoms with Crippen LogP contribution >= 0.6 is 0 Å². The Morgan fingerprint density at radius 3 is 1.21 bits per heavy atom. The fourth-order valence-corrected chi connectivity index (χ4v) is 12.1. The SMILES string of the molecule is C(=C/c1ccccc1)/C[As+](c1ccccc1)(c1ccccc1)c1ccccc1. The molecule has 0 atom stereocenters. The Hall–Kier alpha value is -2.82. The third-order valence-electron chi connectivity index (χ3n) is 5.08. The van der Waals surface area contributed by atoms with Crippen molar-refractivity contribution in [3.63, 3.8) is 0 Å². The molecule has 4 aromatic carbocycles. The molecule has 0 heterocycles. The first kappa shape index (κ1) is 18.5. The van der Waals surface area contributed by atoms with Gasteiger partial charge in [-0.1, -0.05) is 0 Å². The van der Waals surface area contributed by atoms with Crippen LogP contribution in [0.3, 0.4) is 0 Å². The van der Waals surface area contributed by atoms with Crippen molar-refractivity contribution in [3.05, 3.63) is 133 Å². The average molecular weight is 423 g/mol. The van der Waals surface area contributed by atoms with Crippen molar-refractivity contribution in [2.75, 3.05) is 0 Å². The van der Waals surface area contributed by atoms with Crippen molar-refractivity contribution in [2.45, 2.75) is 5.21 Å². The van der Waals surface area contributed by atoms with Gasteiger partial charge in [-0.25, -0.2) is 0 Å². The molecule has 0 radical (unpaired) electrons. The standard InChI is InChI=1S/C27H24As/c1-5-14-24(15-6-1)16-13-23-28(25-17-7-2-8-18-25,26-19-9-3-10-20-26)27-21-11-4-12-22-27/h1-22H,23H2/q+1/b16-13-. The van der Waals surface area contributed by atoms with Gasteiger partial charge in [0.1, 0.15) is 0 Å². The zero-order valence-corrected chi connectivity index (χ0v) is 17.7. The van der Waals surface area contributed by atoms with E-state index in [1.54, 1.807) is 0 Å². The van der Waals surface area contributed by atoms with Gasteiger partial charge in [-0.2, -0.15) is 0 Å². The van der Waals surface area contributed by atoms with E-state index < -0.39 is 13.6 Å². The molecule has 4 rings (SSSR count). The minimum absolute atomic E-state index is 1.06. The summed E-state index contributed by atoms with van der Waals surface area (Å²) in [5.74, 6) is 0. The van der Waals surface area contributed by atoms with E-state index in [4.69, 9.17) is 0 Å². The quantitative estimate of drug-likeness (QED) is 0.388. The number of allylic oxidation sites excluding steroid dienone is 1.